The van der Waals surface area contributed by atoms with E-state index in [9.17, 15) is 4.79 Å². The molecule has 4 aromatic rings. The van der Waals surface area contributed by atoms with Crippen LogP contribution in [0.15, 0.2) is 82.4 Å². The molecule has 0 spiro atoms. The Kier molecular flexibility index (Phi) is 5.58. The van der Waals surface area contributed by atoms with Crippen molar-refractivity contribution in [2.24, 2.45) is 5.10 Å². The van der Waals surface area contributed by atoms with Gasteiger partial charge in [0.05, 0.1) is 19.7 Å². The van der Waals surface area contributed by atoms with Crippen LogP contribution in [0.3, 0.4) is 0 Å². The highest BCUT2D eigenvalue weighted by molar-refractivity contribution is 9.10. The molecule has 4 aromatic carbocycles. The minimum atomic E-state index is -0.173. The molecule has 0 aliphatic carbocycles. The lowest BCUT2D eigenvalue weighted by Gasteiger charge is -2.09. The van der Waals surface area contributed by atoms with Crippen LogP contribution in [0.25, 0.3) is 21.5 Å². The standard InChI is InChI=1S/C24H19BrN2O2/c1-29-23-13-11-16-6-2-3-7-18(16)21(23)15-26-27-24(28)14-17-10-12-22(25)20-9-5-4-8-19(17)20/h2-13,15H,14H2,1H3,(H,27,28). The maximum absolute atomic E-state index is 12.5. The monoisotopic (exact) mass is 446 g/mol. The van der Waals surface area contributed by atoms with Crippen LogP contribution in [0, 0.1) is 0 Å². The van der Waals surface area contributed by atoms with Crippen molar-refractivity contribution < 1.29 is 9.53 Å². The van der Waals surface area contributed by atoms with Crippen molar-refractivity contribution in [3.8, 4) is 5.75 Å². The third-order valence-corrected chi connectivity index (χ3v) is 5.54. The van der Waals surface area contributed by atoms with E-state index in [-0.39, 0.29) is 12.3 Å². The normalized spacial score (nSPS) is 11.2. The minimum absolute atomic E-state index is 0.173. The maximum Gasteiger partial charge on any atom is 0.244 e. The van der Waals surface area contributed by atoms with E-state index in [0.717, 1.165) is 37.1 Å². The van der Waals surface area contributed by atoms with E-state index < -0.39 is 0 Å². The van der Waals surface area contributed by atoms with Crippen molar-refractivity contribution in [1.29, 1.82) is 0 Å². The SMILES string of the molecule is COc1ccc2ccccc2c1C=NNC(=O)Cc1ccc(Br)c2ccccc12. The first-order chi connectivity index (χ1) is 14.2. The molecule has 0 aromatic heterocycles. The molecule has 29 heavy (non-hydrogen) atoms. The van der Waals surface area contributed by atoms with Gasteiger partial charge in [-0.25, -0.2) is 5.43 Å². The van der Waals surface area contributed by atoms with Gasteiger partial charge in [0, 0.05) is 10.0 Å². The third-order valence-electron chi connectivity index (χ3n) is 4.85. The van der Waals surface area contributed by atoms with Crippen molar-refractivity contribution >= 4 is 49.6 Å². The van der Waals surface area contributed by atoms with Crippen molar-refractivity contribution in [3.05, 3.63) is 88.4 Å². The van der Waals surface area contributed by atoms with E-state index in [0.29, 0.717) is 5.75 Å². The Balaban J connectivity index is 1.55. The number of carbonyl (C=O) groups is 1. The number of rotatable bonds is 5. The summed E-state index contributed by atoms with van der Waals surface area (Å²) in [5.74, 6) is 0.536. The van der Waals surface area contributed by atoms with Gasteiger partial charge in [0.25, 0.3) is 0 Å². The molecule has 0 radical (unpaired) electrons. The quantitative estimate of drug-likeness (QED) is 0.327. The Morgan fingerprint density at radius 1 is 0.966 bits per heavy atom. The average molecular weight is 447 g/mol. The first-order valence-electron chi connectivity index (χ1n) is 9.21. The highest BCUT2D eigenvalue weighted by atomic mass is 79.9. The molecule has 144 valence electrons. The Morgan fingerprint density at radius 3 is 2.48 bits per heavy atom. The summed E-state index contributed by atoms with van der Waals surface area (Å²) in [5, 5.41) is 8.42. The first-order valence-corrected chi connectivity index (χ1v) is 10.0. The Bertz CT molecular complexity index is 1230. The molecule has 0 fully saturated rings. The first kappa shape index (κ1) is 19.2. The van der Waals surface area contributed by atoms with Crippen molar-refractivity contribution in [1.82, 2.24) is 5.43 Å². The van der Waals surface area contributed by atoms with Crippen LogP contribution < -0.4 is 10.2 Å². The number of nitrogens with one attached hydrogen (secondary N) is 1. The number of fused-ring (bicyclic) bond motifs is 2. The van der Waals surface area contributed by atoms with E-state index in [1.54, 1.807) is 13.3 Å². The van der Waals surface area contributed by atoms with Gasteiger partial charge in [-0.15, -0.1) is 0 Å². The smallest absolute Gasteiger partial charge is 0.244 e. The number of methoxy groups -OCH3 is 1. The fraction of sp³-hybridized carbons (Fsp3) is 0.0833. The molecule has 0 saturated carbocycles. The van der Waals surface area contributed by atoms with Crippen LogP contribution in [0.1, 0.15) is 11.1 Å². The zero-order valence-electron chi connectivity index (χ0n) is 15.9. The van der Waals surface area contributed by atoms with Crippen molar-refractivity contribution in [2.45, 2.75) is 6.42 Å². The van der Waals surface area contributed by atoms with Gasteiger partial charge in [-0.3, -0.25) is 4.79 Å². The largest absolute Gasteiger partial charge is 0.496 e. The summed E-state index contributed by atoms with van der Waals surface area (Å²) in [5.41, 5.74) is 4.43. The van der Waals surface area contributed by atoms with Crippen molar-refractivity contribution in [3.63, 3.8) is 0 Å². The highest BCUT2D eigenvalue weighted by Gasteiger charge is 2.09. The van der Waals surface area contributed by atoms with E-state index in [1.165, 1.54) is 0 Å². The summed E-state index contributed by atoms with van der Waals surface area (Å²) in [7, 11) is 1.62. The number of carbonyl (C=O) groups excluding carboxylic acids is 1. The number of benzene rings is 4. The molecular weight excluding hydrogens is 428 g/mol. The molecule has 4 nitrogen and oxygen atoms in total. The molecule has 1 N–H and O–H groups in total. The Hall–Kier alpha value is -3.18. The number of nitrogens with zero attached hydrogens (tertiary/aromatic N) is 1. The number of hydrogen-bond acceptors (Lipinski definition) is 3. The fourth-order valence-electron chi connectivity index (χ4n) is 3.45. The fourth-order valence-corrected chi connectivity index (χ4v) is 3.92. The molecule has 0 heterocycles. The number of hydrogen-bond donors (Lipinski definition) is 1. The van der Waals surface area contributed by atoms with E-state index in [1.807, 2.05) is 72.8 Å². The summed E-state index contributed by atoms with van der Waals surface area (Å²) in [6, 6.07) is 23.8. The van der Waals surface area contributed by atoms with Crippen LogP contribution in [0.4, 0.5) is 0 Å². The van der Waals surface area contributed by atoms with Gasteiger partial charge in [-0.2, -0.15) is 5.10 Å². The van der Waals surface area contributed by atoms with Crippen LogP contribution in [-0.4, -0.2) is 19.2 Å². The summed E-state index contributed by atoms with van der Waals surface area (Å²) >= 11 is 3.56. The van der Waals surface area contributed by atoms with Gasteiger partial charge >= 0.3 is 0 Å². The van der Waals surface area contributed by atoms with Gasteiger partial charge in [-0.05, 0) is 39.2 Å². The highest BCUT2D eigenvalue weighted by Crippen LogP contribution is 2.28. The van der Waals surface area contributed by atoms with E-state index in [2.05, 4.69) is 26.5 Å². The van der Waals surface area contributed by atoms with E-state index >= 15 is 0 Å². The molecule has 0 aliphatic rings. The van der Waals surface area contributed by atoms with Gasteiger partial charge in [0.15, 0.2) is 0 Å². The molecular formula is C24H19BrN2O2. The lowest BCUT2D eigenvalue weighted by molar-refractivity contribution is -0.120. The third kappa shape index (κ3) is 4.00. The molecule has 0 atom stereocenters. The molecule has 5 heteroatoms. The van der Waals surface area contributed by atoms with Gasteiger partial charge in [-0.1, -0.05) is 76.6 Å². The molecule has 0 unspecified atom stereocenters. The van der Waals surface area contributed by atoms with Crippen LogP contribution in [0.5, 0.6) is 5.75 Å². The zero-order chi connectivity index (χ0) is 20.2. The molecule has 4 rings (SSSR count). The number of halogens is 1. The molecule has 0 bridgehead atoms. The van der Waals surface area contributed by atoms with E-state index in [4.69, 9.17) is 4.74 Å². The molecule has 1 amide bonds. The lowest BCUT2D eigenvalue weighted by Crippen LogP contribution is -2.20. The maximum atomic E-state index is 12.5. The molecule has 0 aliphatic heterocycles. The summed E-state index contributed by atoms with van der Waals surface area (Å²) < 4.78 is 6.47. The van der Waals surface area contributed by atoms with Crippen molar-refractivity contribution in [2.75, 3.05) is 7.11 Å². The Labute approximate surface area is 177 Å². The number of hydrazone groups is 1. The predicted octanol–water partition coefficient (Wildman–Crippen LogP) is 5.46. The number of ether oxygens (including phenoxy) is 1. The summed E-state index contributed by atoms with van der Waals surface area (Å²) in [6.45, 7) is 0. The van der Waals surface area contributed by atoms with Gasteiger partial charge < -0.3 is 4.74 Å². The van der Waals surface area contributed by atoms with Crippen LogP contribution >= 0.6 is 15.9 Å². The topological polar surface area (TPSA) is 50.7 Å². The summed E-state index contributed by atoms with van der Waals surface area (Å²) in [6.07, 6.45) is 1.89. The van der Waals surface area contributed by atoms with Crippen LogP contribution in [0.2, 0.25) is 0 Å². The lowest BCUT2D eigenvalue weighted by atomic mass is 10.0. The van der Waals surface area contributed by atoms with Crippen LogP contribution in [-0.2, 0) is 11.2 Å². The second-order valence-electron chi connectivity index (χ2n) is 6.62. The number of amides is 1. The van der Waals surface area contributed by atoms with Gasteiger partial charge in [0.2, 0.25) is 5.91 Å². The Morgan fingerprint density at radius 2 is 1.69 bits per heavy atom. The second kappa shape index (κ2) is 8.45. The second-order valence-corrected chi connectivity index (χ2v) is 7.48. The average Bonchev–Trinajstić information content (AvgIpc) is 2.76. The molecule has 0 saturated heterocycles. The van der Waals surface area contributed by atoms with Gasteiger partial charge in [0.1, 0.15) is 5.75 Å². The zero-order valence-corrected chi connectivity index (χ0v) is 17.4. The predicted molar refractivity (Wildman–Crippen MR) is 122 cm³/mol. The summed E-state index contributed by atoms with van der Waals surface area (Å²) in [4.78, 5) is 12.5. The minimum Gasteiger partial charge on any atom is -0.496 e.